The lowest BCUT2D eigenvalue weighted by Gasteiger charge is -2.13. The molecule has 0 saturated heterocycles. The maximum absolute atomic E-state index is 12.0. The van der Waals surface area contributed by atoms with E-state index in [9.17, 15) is 23.6 Å². The van der Waals surface area contributed by atoms with Crippen LogP contribution in [0.3, 0.4) is 0 Å². The number of nitro groups is 1. The van der Waals surface area contributed by atoms with Crippen molar-refractivity contribution in [2.45, 2.75) is 31.6 Å². The van der Waals surface area contributed by atoms with Crippen LogP contribution in [0.5, 0.6) is 5.75 Å². The van der Waals surface area contributed by atoms with Gasteiger partial charge in [0.05, 0.1) is 9.82 Å². The van der Waals surface area contributed by atoms with Gasteiger partial charge in [-0.25, -0.2) is 13.1 Å². The number of hydrogen-bond acceptors (Lipinski definition) is 5. The van der Waals surface area contributed by atoms with Gasteiger partial charge >= 0.3 is 5.69 Å². The van der Waals surface area contributed by atoms with Gasteiger partial charge in [-0.2, -0.15) is 0 Å². The van der Waals surface area contributed by atoms with Crippen molar-refractivity contribution in [3.05, 3.63) is 28.3 Å². The van der Waals surface area contributed by atoms with Crippen LogP contribution in [0.2, 0.25) is 0 Å². The van der Waals surface area contributed by atoms with E-state index in [1.807, 2.05) is 13.8 Å². The van der Waals surface area contributed by atoms with E-state index in [0.717, 1.165) is 31.0 Å². The van der Waals surface area contributed by atoms with Gasteiger partial charge in [-0.15, -0.1) is 0 Å². The largest absolute Gasteiger partial charge is 0.502 e. The molecule has 1 aromatic rings. The maximum atomic E-state index is 12.0. The molecule has 1 rings (SSSR count). The highest BCUT2D eigenvalue weighted by Gasteiger charge is 2.21. The molecule has 8 heteroatoms. The fraction of sp³-hybridized carbons (Fsp3) is 0.500. The fourth-order valence-corrected chi connectivity index (χ4v) is 2.84. The van der Waals surface area contributed by atoms with Gasteiger partial charge in [-0.3, -0.25) is 10.1 Å². The van der Waals surface area contributed by atoms with Gasteiger partial charge in [0, 0.05) is 12.6 Å². The minimum absolute atomic E-state index is 0.219. The molecule has 0 bridgehead atoms. The predicted molar refractivity (Wildman–Crippen MR) is 74.0 cm³/mol. The molecule has 0 aliphatic heterocycles. The molecule has 1 aromatic carbocycles. The number of nitrogens with zero attached hydrogens (tertiary/aromatic N) is 1. The molecule has 0 unspecified atom stereocenters. The first-order valence-electron chi connectivity index (χ1n) is 6.28. The highest BCUT2D eigenvalue weighted by molar-refractivity contribution is 7.89. The zero-order valence-corrected chi connectivity index (χ0v) is 12.2. The van der Waals surface area contributed by atoms with Gasteiger partial charge < -0.3 is 5.11 Å². The van der Waals surface area contributed by atoms with Crippen molar-refractivity contribution in [2.75, 3.05) is 6.54 Å². The molecule has 2 N–H and O–H groups in total. The Bertz CT molecular complexity index is 582. The molecule has 0 spiro atoms. The van der Waals surface area contributed by atoms with E-state index >= 15 is 0 Å². The molecule has 112 valence electrons. The Hall–Kier alpha value is -1.67. The number of aromatic hydroxyl groups is 1. The summed E-state index contributed by atoms with van der Waals surface area (Å²) in [5, 5.41) is 20.0. The Kier molecular flexibility index (Phi) is 5.46. The molecule has 0 atom stereocenters. The Balaban J connectivity index is 2.98. The molecule has 0 aromatic heterocycles. The minimum atomic E-state index is -3.81. The topological polar surface area (TPSA) is 110 Å². The molecule has 0 saturated carbocycles. The standard InChI is InChI=1S/C12H18N2O5S/c1-3-9(4-2)8-13-20(18,19)10-5-6-12(15)11(7-10)14(16)17/h5-7,9,13,15H,3-4,8H2,1-2H3. The lowest BCUT2D eigenvalue weighted by atomic mass is 10.0. The molecule has 0 radical (unpaired) electrons. The van der Waals surface area contributed by atoms with E-state index < -0.39 is 26.4 Å². The first kappa shape index (κ1) is 16.4. The summed E-state index contributed by atoms with van der Waals surface area (Å²) in [4.78, 5) is 9.64. The van der Waals surface area contributed by atoms with Crippen LogP contribution >= 0.6 is 0 Å². The summed E-state index contributed by atoms with van der Waals surface area (Å²) >= 11 is 0. The average molecular weight is 302 g/mol. The van der Waals surface area contributed by atoms with Crippen molar-refractivity contribution in [3.63, 3.8) is 0 Å². The van der Waals surface area contributed by atoms with Crippen molar-refractivity contribution >= 4 is 15.7 Å². The summed E-state index contributed by atoms with van der Waals surface area (Å²) in [7, 11) is -3.81. The summed E-state index contributed by atoms with van der Waals surface area (Å²) in [6.45, 7) is 4.21. The van der Waals surface area contributed by atoms with Crippen molar-refractivity contribution in [1.82, 2.24) is 4.72 Å². The number of nitro benzene ring substituents is 1. The molecule has 20 heavy (non-hydrogen) atoms. The Morgan fingerprint density at radius 2 is 1.95 bits per heavy atom. The molecule has 7 nitrogen and oxygen atoms in total. The number of hydrogen-bond donors (Lipinski definition) is 2. The highest BCUT2D eigenvalue weighted by Crippen LogP contribution is 2.28. The van der Waals surface area contributed by atoms with E-state index in [1.54, 1.807) is 0 Å². The van der Waals surface area contributed by atoms with Gasteiger partial charge in [-0.05, 0) is 18.1 Å². The van der Waals surface area contributed by atoms with E-state index in [0.29, 0.717) is 0 Å². The Morgan fingerprint density at radius 1 is 1.35 bits per heavy atom. The molecule has 0 amide bonds. The Labute approximate surface area is 117 Å². The van der Waals surface area contributed by atoms with Crippen LogP contribution in [0, 0.1) is 16.0 Å². The van der Waals surface area contributed by atoms with E-state index in [4.69, 9.17) is 0 Å². The highest BCUT2D eigenvalue weighted by atomic mass is 32.2. The summed E-state index contributed by atoms with van der Waals surface area (Å²) in [6.07, 6.45) is 1.68. The van der Waals surface area contributed by atoms with Gasteiger partial charge in [0.25, 0.3) is 0 Å². The van der Waals surface area contributed by atoms with Crippen LogP contribution in [0.15, 0.2) is 23.1 Å². The lowest BCUT2D eigenvalue weighted by molar-refractivity contribution is -0.386. The van der Waals surface area contributed by atoms with Crippen molar-refractivity contribution in [2.24, 2.45) is 5.92 Å². The smallest absolute Gasteiger partial charge is 0.312 e. The first-order chi connectivity index (χ1) is 9.31. The van der Waals surface area contributed by atoms with Crippen molar-refractivity contribution in [1.29, 1.82) is 0 Å². The Morgan fingerprint density at radius 3 is 2.45 bits per heavy atom. The van der Waals surface area contributed by atoms with Crippen LogP contribution in [0.4, 0.5) is 5.69 Å². The van der Waals surface area contributed by atoms with Crippen molar-refractivity contribution in [3.8, 4) is 5.75 Å². The number of nitrogens with one attached hydrogen (secondary N) is 1. The molecule has 0 heterocycles. The third-order valence-electron chi connectivity index (χ3n) is 3.17. The monoisotopic (exact) mass is 302 g/mol. The number of rotatable bonds is 7. The lowest BCUT2D eigenvalue weighted by Crippen LogP contribution is -2.29. The number of phenols is 1. The number of phenolic OH excluding ortho intramolecular Hbond substituents is 1. The third kappa shape index (κ3) is 3.91. The van der Waals surface area contributed by atoms with Crippen LogP contribution in [0.25, 0.3) is 0 Å². The zero-order valence-electron chi connectivity index (χ0n) is 11.4. The van der Waals surface area contributed by atoms with Crippen LogP contribution in [-0.2, 0) is 10.0 Å². The van der Waals surface area contributed by atoms with Crippen LogP contribution in [0.1, 0.15) is 26.7 Å². The van der Waals surface area contributed by atoms with E-state index in [1.165, 1.54) is 0 Å². The maximum Gasteiger partial charge on any atom is 0.312 e. The van der Waals surface area contributed by atoms with Gasteiger partial charge in [0.1, 0.15) is 0 Å². The van der Waals surface area contributed by atoms with E-state index in [2.05, 4.69) is 4.72 Å². The average Bonchev–Trinajstić information content (AvgIpc) is 2.39. The third-order valence-corrected chi connectivity index (χ3v) is 4.59. The fourth-order valence-electron chi connectivity index (χ4n) is 1.70. The van der Waals surface area contributed by atoms with Crippen LogP contribution < -0.4 is 4.72 Å². The summed E-state index contributed by atoms with van der Waals surface area (Å²) in [5.74, 6) is -0.342. The second-order valence-electron chi connectivity index (χ2n) is 4.44. The SMILES string of the molecule is CCC(CC)CNS(=O)(=O)c1ccc(O)c([N+](=O)[O-])c1. The van der Waals surface area contributed by atoms with E-state index in [-0.39, 0.29) is 17.4 Å². The molecular weight excluding hydrogens is 284 g/mol. The molecule has 0 aliphatic carbocycles. The van der Waals surface area contributed by atoms with Gasteiger partial charge in [0.2, 0.25) is 10.0 Å². The number of benzene rings is 1. The molecule has 0 aliphatic rings. The zero-order chi connectivity index (χ0) is 15.3. The van der Waals surface area contributed by atoms with Gasteiger partial charge in [0.15, 0.2) is 5.75 Å². The molecular formula is C12H18N2O5S. The van der Waals surface area contributed by atoms with Crippen molar-refractivity contribution < 1.29 is 18.4 Å². The summed E-state index contributed by atoms with van der Waals surface area (Å²) < 4.78 is 26.5. The minimum Gasteiger partial charge on any atom is -0.502 e. The summed E-state index contributed by atoms with van der Waals surface area (Å²) in [6, 6.07) is 2.99. The second-order valence-corrected chi connectivity index (χ2v) is 6.21. The normalized spacial score (nSPS) is 11.8. The number of sulfonamides is 1. The van der Waals surface area contributed by atoms with Gasteiger partial charge in [-0.1, -0.05) is 26.7 Å². The predicted octanol–water partition coefficient (Wildman–Crippen LogP) is 2.01. The first-order valence-corrected chi connectivity index (χ1v) is 7.77. The van der Waals surface area contributed by atoms with Crippen LogP contribution in [-0.4, -0.2) is 25.0 Å². The summed E-state index contributed by atoms with van der Waals surface area (Å²) in [5.41, 5.74) is -0.629. The molecule has 0 fully saturated rings. The second kappa shape index (κ2) is 6.67. The quantitative estimate of drug-likeness (QED) is 0.591.